The van der Waals surface area contributed by atoms with Crippen LogP contribution in [0, 0.1) is 5.82 Å². The number of nitrogens with zero attached hydrogens (tertiary/aromatic N) is 1. The van der Waals surface area contributed by atoms with E-state index in [0.717, 1.165) is 0 Å². The van der Waals surface area contributed by atoms with Crippen LogP contribution in [0.5, 0.6) is 5.75 Å². The first-order valence-electron chi connectivity index (χ1n) is 5.50. The standard InChI is InChI=1S/C12H12FNO4/c13-8-1-3-9(4-2-8)18-10-5-6-14(7-10)11(15)12(16)17/h1-4,10H,5-7H2,(H,16,17). The molecule has 1 aliphatic heterocycles. The number of carbonyl (C=O) groups excluding carboxylic acids is 1. The van der Waals surface area contributed by atoms with Crippen LogP contribution in [0.15, 0.2) is 24.3 Å². The fourth-order valence-electron chi connectivity index (χ4n) is 1.85. The van der Waals surface area contributed by atoms with E-state index >= 15 is 0 Å². The van der Waals surface area contributed by atoms with E-state index in [-0.39, 0.29) is 18.5 Å². The zero-order chi connectivity index (χ0) is 13.1. The summed E-state index contributed by atoms with van der Waals surface area (Å²) in [5.74, 6) is -2.22. The van der Waals surface area contributed by atoms with Gasteiger partial charge in [-0.3, -0.25) is 4.79 Å². The molecule has 18 heavy (non-hydrogen) atoms. The van der Waals surface area contributed by atoms with Crippen LogP contribution in [-0.2, 0) is 9.59 Å². The Morgan fingerprint density at radius 2 is 2.00 bits per heavy atom. The molecule has 0 aliphatic carbocycles. The molecule has 2 rings (SSSR count). The van der Waals surface area contributed by atoms with E-state index in [2.05, 4.69) is 0 Å². The van der Waals surface area contributed by atoms with E-state index in [1.165, 1.54) is 29.2 Å². The quantitative estimate of drug-likeness (QED) is 0.795. The zero-order valence-electron chi connectivity index (χ0n) is 9.51. The summed E-state index contributed by atoms with van der Waals surface area (Å²) in [5.41, 5.74) is 0. The summed E-state index contributed by atoms with van der Waals surface area (Å²) < 4.78 is 18.2. The van der Waals surface area contributed by atoms with Gasteiger partial charge in [0, 0.05) is 13.0 Å². The van der Waals surface area contributed by atoms with Gasteiger partial charge in [-0.25, -0.2) is 9.18 Å². The maximum atomic E-state index is 12.7. The highest BCUT2D eigenvalue weighted by Gasteiger charge is 2.30. The van der Waals surface area contributed by atoms with Crippen LogP contribution in [-0.4, -0.2) is 41.1 Å². The Morgan fingerprint density at radius 3 is 2.61 bits per heavy atom. The fraction of sp³-hybridized carbons (Fsp3) is 0.333. The summed E-state index contributed by atoms with van der Waals surface area (Å²) >= 11 is 0. The maximum Gasteiger partial charge on any atom is 0.394 e. The van der Waals surface area contributed by atoms with Crippen molar-refractivity contribution in [3.05, 3.63) is 30.1 Å². The van der Waals surface area contributed by atoms with Crippen molar-refractivity contribution in [2.45, 2.75) is 12.5 Å². The van der Waals surface area contributed by atoms with Crippen LogP contribution >= 0.6 is 0 Å². The Kier molecular flexibility index (Phi) is 3.45. The number of likely N-dealkylation sites (tertiary alicyclic amines) is 1. The second-order valence-corrected chi connectivity index (χ2v) is 4.04. The van der Waals surface area contributed by atoms with Gasteiger partial charge in [0.05, 0.1) is 6.54 Å². The topological polar surface area (TPSA) is 66.8 Å². The predicted octanol–water partition coefficient (Wildman–Crippen LogP) is 0.890. The Hall–Kier alpha value is -2.11. The number of amides is 1. The molecule has 1 amide bonds. The Bertz CT molecular complexity index is 460. The molecule has 0 radical (unpaired) electrons. The second kappa shape index (κ2) is 5.03. The molecule has 1 heterocycles. The van der Waals surface area contributed by atoms with Crippen LogP contribution in [0.1, 0.15) is 6.42 Å². The number of carbonyl (C=O) groups is 2. The number of aliphatic carboxylic acids is 1. The molecule has 1 saturated heterocycles. The van der Waals surface area contributed by atoms with Crippen molar-refractivity contribution in [3.8, 4) is 5.75 Å². The molecule has 0 spiro atoms. The van der Waals surface area contributed by atoms with Gasteiger partial charge in [-0.15, -0.1) is 0 Å². The summed E-state index contributed by atoms with van der Waals surface area (Å²) in [6.07, 6.45) is 0.315. The first-order valence-corrected chi connectivity index (χ1v) is 5.50. The summed E-state index contributed by atoms with van der Waals surface area (Å²) in [6, 6.07) is 5.56. The van der Waals surface area contributed by atoms with E-state index in [4.69, 9.17) is 9.84 Å². The van der Waals surface area contributed by atoms with Gasteiger partial charge in [0.15, 0.2) is 0 Å². The average Bonchev–Trinajstić information content (AvgIpc) is 2.79. The van der Waals surface area contributed by atoms with Crippen LogP contribution in [0.3, 0.4) is 0 Å². The number of hydrogen-bond donors (Lipinski definition) is 1. The van der Waals surface area contributed by atoms with Gasteiger partial charge in [-0.2, -0.15) is 0 Å². The molecule has 1 aromatic carbocycles. The number of halogens is 1. The highest BCUT2D eigenvalue weighted by atomic mass is 19.1. The lowest BCUT2D eigenvalue weighted by molar-refractivity contribution is -0.155. The van der Waals surface area contributed by atoms with Crippen LogP contribution in [0.25, 0.3) is 0 Å². The fourth-order valence-corrected chi connectivity index (χ4v) is 1.85. The highest BCUT2D eigenvalue weighted by molar-refractivity contribution is 6.31. The van der Waals surface area contributed by atoms with Crippen molar-refractivity contribution >= 4 is 11.9 Å². The summed E-state index contributed by atoms with van der Waals surface area (Å²) in [7, 11) is 0. The zero-order valence-corrected chi connectivity index (χ0v) is 9.51. The van der Waals surface area contributed by atoms with E-state index in [1.807, 2.05) is 0 Å². The summed E-state index contributed by atoms with van der Waals surface area (Å²) in [4.78, 5) is 23.0. The minimum atomic E-state index is -1.46. The van der Waals surface area contributed by atoms with Gasteiger partial charge in [0.25, 0.3) is 0 Å². The third kappa shape index (κ3) is 2.77. The smallest absolute Gasteiger partial charge is 0.394 e. The molecule has 5 nitrogen and oxygen atoms in total. The van der Waals surface area contributed by atoms with Gasteiger partial charge in [0.1, 0.15) is 17.7 Å². The maximum absolute atomic E-state index is 12.7. The molecule has 0 saturated carbocycles. The van der Waals surface area contributed by atoms with E-state index < -0.39 is 11.9 Å². The van der Waals surface area contributed by atoms with Crippen molar-refractivity contribution in [3.63, 3.8) is 0 Å². The third-order valence-corrected chi connectivity index (χ3v) is 2.73. The lowest BCUT2D eigenvalue weighted by Crippen LogP contribution is -2.35. The molecular formula is C12H12FNO4. The Balaban J connectivity index is 1.91. The normalized spacial score (nSPS) is 18.7. The molecule has 1 aliphatic rings. The summed E-state index contributed by atoms with van der Waals surface area (Å²) in [6.45, 7) is 0.597. The number of ether oxygens (including phenoxy) is 1. The minimum absolute atomic E-state index is 0.239. The molecule has 1 unspecified atom stereocenters. The average molecular weight is 253 g/mol. The van der Waals surface area contributed by atoms with Gasteiger partial charge >= 0.3 is 11.9 Å². The lowest BCUT2D eigenvalue weighted by Gasteiger charge is -2.15. The molecule has 1 fully saturated rings. The van der Waals surface area contributed by atoms with Gasteiger partial charge in [-0.05, 0) is 24.3 Å². The molecule has 0 bridgehead atoms. The molecule has 1 aromatic rings. The van der Waals surface area contributed by atoms with Crippen LogP contribution in [0.2, 0.25) is 0 Å². The third-order valence-electron chi connectivity index (χ3n) is 2.73. The van der Waals surface area contributed by atoms with E-state index in [0.29, 0.717) is 18.7 Å². The number of hydrogen-bond acceptors (Lipinski definition) is 3. The molecular weight excluding hydrogens is 241 g/mol. The first kappa shape index (κ1) is 12.3. The number of benzene rings is 1. The number of rotatable bonds is 2. The highest BCUT2D eigenvalue weighted by Crippen LogP contribution is 2.18. The number of carboxylic acids is 1. The number of carboxylic acid groups (broad SMARTS) is 1. The first-order chi connectivity index (χ1) is 8.56. The Labute approximate surface area is 103 Å². The minimum Gasteiger partial charge on any atom is -0.489 e. The van der Waals surface area contributed by atoms with Crippen molar-refractivity contribution < 1.29 is 23.8 Å². The molecule has 1 N–H and O–H groups in total. The van der Waals surface area contributed by atoms with Crippen molar-refractivity contribution in [2.75, 3.05) is 13.1 Å². The van der Waals surface area contributed by atoms with Gasteiger partial charge in [0.2, 0.25) is 0 Å². The summed E-state index contributed by atoms with van der Waals surface area (Å²) in [5, 5.41) is 8.58. The van der Waals surface area contributed by atoms with Crippen molar-refractivity contribution in [1.82, 2.24) is 4.90 Å². The molecule has 1 atom stereocenters. The van der Waals surface area contributed by atoms with Crippen molar-refractivity contribution in [1.29, 1.82) is 0 Å². The van der Waals surface area contributed by atoms with E-state index in [9.17, 15) is 14.0 Å². The van der Waals surface area contributed by atoms with Crippen molar-refractivity contribution in [2.24, 2.45) is 0 Å². The second-order valence-electron chi connectivity index (χ2n) is 4.04. The SMILES string of the molecule is O=C(O)C(=O)N1CCC(Oc2ccc(F)cc2)C1. The Morgan fingerprint density at radius 1 is 1.33 bits per heavy atom. The van der Waals surface area contributed by atoms with Crippen LogP contribution in [0.4, 0.5) is 4.39 Å². The van der Waals surface area contributed by atoms with Gasteiger partial charge in [-0.1, -0.05) is 0 Å². The molecule has 96 valence electrons. The predicted molar refractivity (Wildman–Crippen MR) is 59.6 cm³/mol. The molecule has 0 aromatic heterocycles. The molecule has 6 heteroatoms. The monoisotopic (exact) mass is 253 g/mol. The van der Waals surface area contributed by atoms with Gasteiger partial charge < -0.3 is 14.7 Å². The van der Waals surface area contributed by atoms with Crippen LogP contribution < -0.4 is 4.74 Å². The lowest BCUT2D eigenvalue weighted by atomic mass is 10.3. The largest absolute Gasteiger partial charge is 0.489 e. The van der Waals surface area contributed by atoms with E-state index in [1.54, 1.807) is 0 Å².